The molecule has 0 unspecified atom stereocenters. The van der Waals surface area contributed by atoms with Crippen molar-refractivity contribution in [1.29, 1.82) is 0 Å². The maximum absolute atomic E-state index is 12.4. The Bertz CT molecular complexity index is 563. The number of Topliss-reactive ketones (excluding diaryl/α,β-unsaturated/α-hetero) is 1. The van der Waals surface area contributed by atoms with Gasteiger partial charge in [-0.05, 0) is 62.4 Å². The Hall–Kier alpha value is -0.960. The zero-order chi connectivity index (χ0) is 15.5. The molecule has 4 aliphatic rings. The molecule has 4 rings (SSSR count). The highest BCUT2D eigenvalue weighted by Gasteiger charge is 2.59. The molecule has 0 bridgehead atoms. The van der Waals surface area contributed by atoms with Gasteiger partial charge in [-0.2, -0.15) is 0 Å². The van der Waals surface area contributed by atoms with E-state index in [4.69, 9.17) is 0 Å². The van der Waals surface area contributed by atoms with Crippen LogP contribution in [-0.4, -0.2) is 23.3 Å². The fourth-order valence-electron chi connectivity index (χ4n) is 6.43. The van der Waals surface area contributed by atoms with Crippen molar-refractivity contribution in [3.05, 3.63) is 11.6 Å². The van der Waals surface area contributed by atoms with Crippen molar-refractivity contribution in [2.75, 3.05) is 6.61 Å². The molecular formula is C19H26O3. The lowest BCUT2D eigenvalue weighted by Crippen LogP contribution is -2.53. The third-order valence-corrected chi connectivity index (χ3v) is 7.68. The molecule has 0 heterocycles. The van der Waals surface area contributed by atoms with E-state index < -0.39 is 0 Å². The Morgan fingerprint density at radius 3 is 2.68 bits per heavy atom. The SMILES string of the molecule is C[C@@]12CC[C@@H]3[C@H](CCC4=CC(=O)CC[C@@]43CO)[C@H]1CCC2=O. The van der Waals surface area contributed by atoms with E-state index in [0.29, 0.717) is 30.0 Å². The average Bonchev–Trinajstić information content (AvgIpc) is 2.82. The van der Waals surface area contributed by atoms with Crippen LogP contribution in [-0.2, 0) is 9.59 Å². The number of rotatable bonds is 1. The quantitative estimate of drug-likeness (QED) is 0.810. The van der Waals surface area contributed by atoms with Gasteiger partial charge in [0.25, 0.3) is 0 Å². The molecule has 0 amide bonds. The number of aliphatic hydroxyl groups is 1. The topological polar surface area (TPSA) is 54.4 Å². The van der Waals surface area contributed by atoms with E-state index in [-0.39, 0.29) is 23.2 Å². The Morgan fingerprint density at radius 1 is 1.09 bits per heavy atom. The summed E-state index contributed by atoms with van der Waals surface area (Å²) < 4.78 is 0. The van der Waals surface area contributed by atoms with Crippen LogP contribution in [0.1, 0.15) is 58.3 Å². The molecular weight excluding hydrogens is 276 g/mol. The van der Waals surface area contributed by atoms with Crippen LogP contribution >= 0.6 is 0 Å². The summed E-state index contributed by atoms with van der Waals surface area (Å²) >= 11 is 0. The molecule has 0 spiro atoms. The summed E-state index contributed by atoms with van der Waals surface area (Å²) in [7, 11) is 0. The van der Waals surface area contributed by atoms with Crippen LogP contribution in [0.5, 0.6) is 0 Å². The molecule has 0 aromatic carbocycles. The van der Waals surface area contributed by atoms with E-state index in [0.717, 1.165) is 44.9 Å². The molecule has 22 heavy (non-hydrogen) atoms. The van der Waals surface area contributed by atoms with Gasteiger partial charge in [0.1, 0.15) is 5.78 Å². The third kappa shape index (κ3) is 1.72. The number of carbonyl (C=O) groups is 2. The molecule has 1 N–H and O–H groups in total. The van der Waals surface area contributed by atoms with E-state index in [2.05, 4.69) is 6.92 Å². The largest absolute Gasteiger partial charge is 0.395 e. The lowest BCUT2D eigenvalue weighted by atomic mass is 9.47. The Labute approximate surface area is 132 Å². The van der Waals surface area contributed by atoms with Gasteiger partial charge in [-0.3, -0.25) is 9.59 Å². The zero-order valence-corrected chi connectivity index (χ0v) is 13.4. The second kappa shape index (κ2) is 4.77. The molecule has 0 aromatic rings. The van der Waals surface area contributed by atoms with Gasteiger partial charge in [-0.25, -0.2) is 0 Å². The summed E-state index contributed by atoms with van der Waals surface area (Å²) in [6.45, 7) is 2.36. The minimum atomic E-state index is -0.163. The van der Waals surface area contributed by atoms with Crippen LogP contribution in [0.25, 0.3) is 0 Å². The van der Waals surface area contributed by atoms with E-state index in [1.165, 1.54) is 5.57 Å². The second-order valence-electron chi connectivity index (χ2n) is 8.28. The van der Waals surface area contributed by atoms with Crippen LogP contribution in [0.2, 0.25) is 0 Å². The summed E-state index contributed by atoms with van der Waals surface area (Å²) in [6, 6.07) is 0. The molecule has 3 saturated carbocycles. The second-order valence-corrected chi connectivity index (χ2v) is 8.28. The summed E-state index contributed by atoms with van der Waals surface area (Å²) in [5.74, 6) is 2.22. The lowest BCUT2D eigenvalue weighted by Gasteiger charge is -2.57. The van der Waals surface area contributed by atoms with Gasteiger partial charge in [-0.15, -0.1) is 0 Å². The monoisotopic (exact) mass is 302 g/mol. The van der Waals surface area contributed by atoms with Crippen LogP contribution in [0.3, 0.4) is 0 Å². The number of carbonyl (C=O) groups excluding carboxylic acids is 2. The molecule has 0 saturated heterocycles. The molecule has 0 aromatic heterocycles. The highest BCUT2D eigenvalue weighted by atomic mass is 16.3. The maximum Gasteiger partial charge on any atom is 0.155 e. The van der Waals surface area contributed by atoms with Gasteiger partial charge >= 0.3 is 0 Å². The predicted molar refractivity (Wildman–Crippen MR) is 83.1 cm³/mol. The van der Waals surface area contributed by atoms with E-state index in [9.17, 15) is 14.7 Å². The first-order valence-electron chi connectivity index (χ1n) is 8.89. The Balaban J connectivity index is 1.73. The highest BCUT2D eigenvalue weighted by Crippen LogP contribution is 2.64. The maximum atomic E-state index is 12.4. The summed E-state index contributed by atoms with van der Waals surface area (Å²) in [4.78, 5) is 24.2. The van der Waals surface area contributed by atoms with Crippen molar-refractivity contribution in [2.24, 2.45) is 28.6 Å². The minimum absolute atomic E-state index is 0.108. The van der Waals surface area contributed by atoms with Crippen molar-refractivity contribution < 1.29 is 14.7 Å². The van der Waals surface area contributed by atoms with Crippen molar-refractivity contribution in [3.8, 4) is 0 Å². The normalized spacial score (nSPS) is 47.5. The fourth-order valence-corrected chi connectivity index (χ4v) is 6.43. The number of aliphatic hydroxyl groups excluding tert-OH is 1. The van der Waals surface area contributed by atoms with Gasteiger partial charge in [0.15, 0.2) is 5.78 Å². The first-order valence-corrected chi connectivity index (χ1v) is 8.89. The highest BCUT2D eigenvalue weighted by molar-refractivity contribution is 5.91. The standard InChI is InChI=1S/C19H26O3/c1-18-8-7-16-14(15(18)4-5-17(18)22)3-2-12-10-13(21)6-9-19(12,16)11-20/h10,14-16,20H,2-9,11H2,1H3/t14-,15-,16-,18-,19-/m1/s1. The van der Waals surface area contributed by atoms with Gasteiger partial charge in [0, 0.05) is 23.7 Å². The summed E-state index contributed by atoms with van der Waals surface area (Å²) in [6.07, 6.45) is 9.06. The molecule has 0 radical (unpaired) electrons. The molecule has 3 nitrogen and oxygen atoms in total. The Kier molecular flexibility index (Phi) is 3.17. The molecule has 4 aliphatic carbocycles. The number of ketones is 2. The van der Waals surface area contributed by atoms with Gasteiger partial charge in [-0.1, -0.05) is 12.5 Å². The third-order valence-electron chi connectivity index (χ3n) is 7.68. The summed E-state index contributed by atoms with van der Waals surface area (Å²) in [5, 5.41) is 10.2. The smallest absolute Gasteiger partial charge is 0.155 e. The molecule has 5 atom stereocenters. The number of hydrogen-bond donors (Lipinski definition) is 1. The van der Waals surface area contributed by atoms with E-state index in [1.54, 1.807) is 0 Å². The minimum Gasteiger partial charge on any atom is -0.395 e. The van der Waals surface area contributed by atoms with Crippen molar-refractivity contribution in [1.82, 2.24) is 0 Å². The van der Waals surface area contributed by atoms with Crippen molar-refractivity contribution >= 4 is 11.6 Å². The number of hydrogen-bond acceptors (Lipinski definition) is 3. The molecule has 0 aliphatic heterocycles. The fraction of sp³-hybridized carbons (Fsp3) is 0.789. The van der Waals surface area contributed by atoms with Gasteiger partial charge < -0.3 is 5.11 Å². The lowest BCUT2D eigenvalue weighted by molar-refractivity contribution is -0.134. The van der Waals surface area contributed by atoms with Crippen LogP contribution in [0, 0.1) is 28.6 Å². The first-order chi connectivity index (χ1) is 10.5. The Morgan fingerprint density at radius 2 is 1.91 bits per heavy atom. The van der Waals surface area contributed by atoms with Gasteiger partial charge in [0.2, 0.25) is 0 Å². The van der Waals surface area contributed by atoms with Crippen LogP contribution < -0.4 is 0 Å². The van der Waals surface area contributed by atoms with E-state index in [1.807, 2.05) is 6.08 Å². The number of fused-ring (bicyclic) bond motifs is 5. The predicted octanol–water partition coefficient (Wildman–Crippen LogP) is 3.06. The molecule has 3 heteroatoms. The molecule has 3 fully saturated rings. The van der Waals surface area contributed by atoms with Crippen LogP contribution in [0.4, 0.5) is 0 Å². The molecule has 120 valence electrons. The first kappa shape index (κ1) is 14.6. The van der Waals surface area contributed by atoms with Crippen molar-refractivity contribution in [2.45, 2.75) is 58.3 Å². The van der Waals surface area contributed by atoms with E-state index >= 15 is 0 Å². The zero-order valence-electron chi connectivity index (χ0n) is 13.4. The van der Waals surface area contributed by atoms with Crippen LogP contribution in [0.15, 0.2) is 11.6 Å². The van der Waals surface area contributed by atoms with Crippen molar-refractivity contribution in [3.63, 3.8) is 0 Å². The summed E-state index contributed by atoms with van der Waals surface area (Å²) in [5.41, 5.74) is 0.938. The van der Waals surface area contributed by atoms with Gasteiger partial charge in [0.05, 0.1) is 6.61 Å². The average molecular weight is 302 g/mol.